The molecule has 2 aromatic rings. The van der Waals surface area contributed by atoms with Crippen molar-refractivity contribution in [3.8, 4) is 0 Å². The summed E-state index contributed by atoms with van der Waals surface area (Å²) in [5.41, 5.74) is 4.92. The van der Waals surface area contributed by atoms with Gasteiger partial charge in [0.05, 0.1) is 0 Å². The largest absolute Gasteiger partial charge is 0.411 e. The highest BCUT2D eigenvalue weighted by Crippen LogP contribution is 2.20. The van der Waals surface area contributed by atoms with Crippen molar-refractivity contribution >= 4 is 17.1 Å². The van der Waals surface area contributed by atoms with Crippen molar-refractivity contribution in [1.82, 2.24) is 4.98 Å². The Morgan fingerprint density at radius 2 is 2.17 bits per heavy atom. The minimum absolute atomic E-state index is 0.643. The third-order valence-electron chi connectivity index (χ3n) is 2.97. The van der Waals surface area contributed by atoms with Gasteiger partial charge in [0, 0.05) is 29.7 Å². The number of nitrogens with zero attached hydrogens (tertiary/aromatic N) is 1. The second kappa shape index (κ2) is 5.54. The van der Waals surface area contributed by atoms with Crippen molar-refractivity contribution in [3.63, 3.8) is 0 Å². The average molecular weight is 242 g/mol. The Morgan fingerprint density at radius 3 is 2.89 bits per heavy atom. The van der Waals surface area contributed by atoms with Gasteiger partial charge < -0.3 is 10.2 Å². The van der Waals surface area contributed by atoms with E-state index in [2.05, 4.69) is 48.3 Å². The van der Waals surface area contributed by atoms with Crippen LogP contribution in [0.4, 0.5) is 0 Å². The van der Waals surface area contributed by atoms with Crippen LogP contribution >= 0.6 is 0 Å². The van der Waals surface area contributed by atoms with E-state index in [1.807, 2.05) is 6.20 Å². The molecule has 18 heavy (non-hydrogen) atoms. The molecule has 0 unspecified atom stereocenters. The van der Waals surface area contributed by atoms with Gasteiger partial charge >= 0.3 is 0 Å². The van der Waals surface area contributed by atoms with Crippen LogP contribution < -0.4 is 0 Å². The van der Waals surface area contributed by atoms with Crippen LogP contribution in [-0.2, 0) is 12.8 Å². The quantitative estimate of drug-likeness (QED) is 0.365. The topological polar surface area (TPSA) is 48.4 Å². The van der Waals surface area contributed by atoms with E-state index >= 15 is 0 Å². The minimum atomic E-state index is 0.643. The molecule has 94 valence electrons. The molecule has 0 fully saturated rings. The van der Waals surface area contributed by atoms with Gasteiger partial charge in [0.2, 0.25) is 0 Å². The molecule has 2 rings (SSSR count). The van der Waals surface area contributed by atoms with Gasteiger partial charge in [-0.05, 0) is 37.5 Å². The van der Waals surface area contributed by atoms with Gasteiger partial charge in [-0.25, -0.2) is 0 Å². The molecule has 1 heterocycles. The average Bonchev–Trinajstić information content (AvgIpc) is 2.76. The van der Waals surface area contributed by atoms with Crippen LogP contribution in [0, 0.1) is 0 Å². The fourth-order valence-corrected chi connectivity index (χ4v) is 1.99. The standard InChI is InChI=1S/C15H18N2O/c1-11(2)3-4-12-5-6-14-13(7-8-17-18)10-16-15(14)9-12/h3,5-6,8-10,16,18H,4,7H2,1-2H3/b17-8+. The highest BCUT2D eigenvalue weighted by Gasteiger charge is 2.03. The zero-order valence-corrected chi connectivity index (χ0v) is 10.8. The molecule has 3 heteroatoms. The lowest BCUT2D eigenvalue weighted by molar-refractivity contribution is 0.321. The minimum Gasteiger partial charge on any atom is -0.411 e. The number of rotatable bonds is 4. The van der Waals surface area contributed by atoms with Crippen LogP contribution in [0.5, 0.6) is 0 Å². The molecule has 0 aliphatic rings. The van der Waals surface area contributed by atoms with E-state index in [1.165, 1.54) is 22.7 Å². The molecule has 0 atom stereocenters. The summed E-state index contributed by atoms with van der Waals surface area (Å²) < 4.78 is 0. The van der Waals surface area contributed by atoms with Crippen molar-refractivity contribution in [2.24, 2.45) is 5.16 Å². The Morgan fingerprint density at radius 1 is 1.33 bits per heavy atom. The summed E-state index contributed by atoms with van der Waals surface area (Å²) in [5, 5.41) is 12.7. The van der Waals surface area contributed by atoms with Crippen LogP contribution in [0.2, 0.25) is 0 Å². The molecule has 0 aliphatic carbocycles. The molecule has 3 nitrogen and oxygen atoms in total. The Hall–Kier alpha value is -2.03. The Bertz CT molecular complexity index is 590. The molecule has 0 bridgehead atoms. The Labute approximate surface area is 107 Å². The maximum Gasteiger partial charge on any atom is 0.0480 e. The van der Waals surface area contributed by atoms with E-state index in [0.717, 1.165) is 17.5 Å². The number of benzene rings is 1. The maximum atomic E-state index is 8.46. The van der Waals surface area contributed by atoms with Gasteiger partial charge in [0.1, 0.15) is 0 Å². The van der Waals surface area contributed by atoms with E-state index in [1.54, 1.807) is 0 Å². The lowest BCUT2D eigenvalue weighted by Gasteiger charge is -1.99. The molecule has 0 radical (unpaired) electrons. The number of oxime groups is 1. The molecule has 1 aromatic carbocycles. The first-order chi connectivity index (χ1) is 8.70. The second-order valence-electron chi connectivity index (χ2n) is 4.68. The smallest absolute Gasteiger partial charge is 0.0480 e. The molecule has 2 N–H and O–H groups in total. The third-order valence-corrected chi connectivity index (χ3v) is 2.97. The number of nitrogens with one attached hydrogen (secondary N) is 1. The van der Waals surface area contributed by atoms with E-state index < -0.39 is 0 Å². The van der Waals surface area contributed by atoms with Gasteiger partial charge in [-0.15, -0.1) is 5.16 Å². The summed E-state index contributed by atoms with van der Waals surface area (Å²) in [7, 11) is 0. The third kappa shape index (κ3) is 2.80. The predicted octanol–water partition coefficient (Wildman–Crippen LogP) is 3.68. The number of allylic oxidation sites excluding steroid dienone is 2. The van der Waals surface area contributed by atoms with Gasteiger partial charge in [-0.2, -0.15) is 0 Å². The zero-order chi connectivity index (χ0) is 13.0. The van der Waals surface area contributed by atoms with Gasteiger partial charge in [-0.3, -0.25) is 0 Å². The summed E-state index contributed by atoms with van der Waals surface area (Å²) in [6, 6.07) is 6.45. The van der Waals surface area contributed by atoms with Crippen molar-refractivity contribution in [2.45, 2.75) is 26.7 Å². The van der Waals surface area contributed by atoms with Crippen molar-refractivity contribution in [1.29, 1.82) is 0 Å². The van der Waals surface area contributed by atoms with Crippen LogP contribution in [0.15, 0.2) is 41.2 Å². The van der Waals surface area contributed by atoms with Crippen LogP contribution in [0.25, 0.3) is 10.9 Å². The first kappa shape index (κ1) is 12.4. The number of aromatic amines is 1. The van der Waals surface area contributed by atoms with Crippen LogP contribution in [-0.4, -0.2) is 16.4 Å². The van der Waals surface area contributed by atoms with Gasteiger partial charge in [-0.1, -0.05) is 23.8 Å². The number of aromatic nitrogens is 1. The number of hydrogen-bond acceptors (Lipinski definition) is 2. The molecular formula is C15H18N2O. The molecule has 0 aliphatic heterocycles. The Kier molecular flexibility index (Phi) is 3.82. The number of hydrogen-bond donors (Lipinski definition) is 2. The number of H-pyrrole nitrogens is 1. The SMILES string of the molecule is CC(C)=CCc1ccc2c(C/C=N/O)c[nH]c2c1. The van der Waals surface area contributed by atoms with E-state index in [9.17, 15) is 0 Å². The maximum absolute atomic E-state index is 8.46. The molecular weight excluding hydrogens is 224 g/mol. The van der Waals surface area contributed by atoms with Crippen LogP contribution in [0.1, 0.15) is 25.0 Å². The first-order valence-corrected chi connectivity index (χ1v) is 6.09. The normalized spacial score (nSPS) is 11.2. The lowest BCUT2D eigenvalue weighted by Crippen LogP contribution is -1.85. The fraction of sp³-hybridized carbons (Fsp3) is 0.267. The van der Waals surface area contributed by atoms with Crippen LogP contribution in [0.3, 0.4) is 0 Å². The zero-order valence-electron chi connectivity index (χ0n) is 10.8. The summed E-state index contributed by atoms with van der Waals surface area (Å²) >= 11 is 0. The molecule has 0 spiro atoms. The molecule has 0 saturated heterocycles. The fourth-order valence-electron chi connectivity index (χ4n) is 1.99. The monoisotopic (exact) mass is 242 g/mol. The number of fused-ring (bicyclic) bond motifs is 1. The summed E-state index contributed by atoms with van der Waals surface area (Å²) in [4.78, 5) is 3.26. The molecule has 0 saturated carbocycles. The van der Waals surface area contributed by atoms with Gasteiger partial charge in [0.15, 0.2) is 0 Å². The lowest BCUT2D eigenvalue weighted by atomic mass is 10.1. The second-order valence-corrected chi connectivity index (χ2v) is 4.68. The molecule has 0 amide bonds. The van der Waals surface area contributed by atoms with E-state index in [4.69, 9.17) is 5.21 Å². The van der Waals surface area contributed by atoms with Crippen molar-refractivity contribution < 1.29 is 5.21 Å². The summed E-state index contributed by atoms with van der Waals surface area (Å²) in [5.74, 6) is 0. The van der Waals surface area contributed by atoms with E-state index in [-0.39, 0.29) is 0 Å². The highest BCUT2D eigenvalue weighted by atomic mass is 16.4. The van der Waals surface area contributed by atoms with Crippen molar-refractivity contribution in [2.75, 3.05) is 0 Å². The summed E-state index contributed by atoms with van der Waals surface area (Å²) in [6.07, 6.45) is 7.30. The Balaban J connectivity index is 2.27. The van der Waals surface area contributed by atoms with Crippen molar-refractivity contribution in [3.05, 3.63) is 47.2 Å². The predicted molar refractivity (Wildman–Crippen MR) is 75.4 cm³/mol. The van der Waals surface area contributed by atoms with Gasteiger partial charge in [0.25, 0.3) is 0 Å². The molecule has 1 aromatic heterocycles. The first-order valence-electron chi connectivity index (χ1n) is 6.09. The highest BCUT2D eigenvalue weighted by molar-refractivity contribution is 5.86. The summed E-state index contributed by atoms with van der Waals surface area (Å²) in [6.45, 7) is 4.22. The van der Waals surface area contributed by atoms with E-state index in [0.29, 0.717) is 6.42 Å².